The Bertz CT molecular complexity index is 550. The molecule has 0 atom stereocenters. The van der Waals surface area contributed by atoms with Gasteiger partial charge in [0.1, 0.15) is 11.5 Å². The average Bonchev–Trinajstić information content (AvgIpc) is 2.69. The quantitative estimate of drug-likeness (QED) is 0.760. The van der Waals surface area contributed by atoms with E-state index in [2.05, 4.69) is 40.6 Å². The molecule has 0 amide bonds. The van der Waals surface area contributed by atoms with E-state index in [4.69, 9.17) is 21.1 Å². The van der Waals surface area contributed by atoms with Crippen LogP contribution < -0.4 is 9.47 Å². The zero-order valence-electron chi connectivity index (χ0n) is 8.41. The summed E-state index contributed by atoms with van der Waals surface area (Å²) in [5.41, 5.74) is 0. The first-order valence-corrected chi connectivity index (χ1v) is 7.00. The molecule has 0 saturated heterocycles. The van der Waals surface area contributed by atoms with Gasteiger partial charge in [-0.15, -0.1) is 4.37 Å². The maximum atomic E-state index is 5.80. The van der Waals surface area contributed by atoms with E-state index in [1.54, 1.807) is 19.2 Å². The first kappa shape index (κ1) is 13.1. The van der Waals surface area contributed by atoms with Crippen LogP contribution in [0.4, 0.5) is 0 Å². The summed E-state index contributed by atoms with van der Waals surface area (Å²) in [6, 6.07) is 3.55. The molecule has 8 heteroatoms. The molecule has 1 aromatic carbocycles. The van der Waals surface area contributed by atoms with Crippen molar-refractivity contribution in [2.75, 3.05) is 7.11 Å². The Labute approximate surface area is 123 Å². The van der Waals surface area contributed by atoms with Gasteiger partial charge in [0.25, 0.3) is 5.88 Å². The van der Waals surface area contributed by atoms with Crippen molar-refractivity contribution >= 4 is 55.2 Å². The highest BCUT2D eigenvalue weighted by Crippen LogP contribution is 2.38. The first-order valence-electron chi connectivity index (χ1n) is 4.30. The van der Waals surface area contributed by atoms with Crippen LogP contribution in [-0.4, -0.2) is 15.9 Å². The van der Waals surface area contributed by atoms with E-state index in [0.29, 0.717) is 11.5 Å². The molecule has 0 saturated carbocycles. The third kappa shape index (κ3) is 2.90. The van der Waals surface area contributed by atoms with Crippen LogP contribution >= 0.6 is 55.2 Å². The minimum Gasteiger partial charge on any atom is -0.496 e. The molecule has 0 N–H and O–H groups in total. The second-order valence-corrected chi connectivity index (χ2v) is 5.47. The molecule has 4 nitrogen and oxygen atoms in total. The highest BCUT2D eigenvalue weighted by Gasteiger charge is 2.13. The van der Waals surface area contributed by atoms with Crippen LogP contribution in [0.15, 0.2) is 21.1 Å². The maximum absolute atomic E-state index is 5.80. The number of benzene rings is 1. The molecule has 2 aromatic rings. The van der Waals surface area contributed by atoms with Gasteiger partial charge < -0.3 is 9.47 Å². The Balaban J connectivity index is 2.34. The minimum absolute atomic E-state index is 0.244. The zero-order valence-corrected chi connectivity index (χ0v) is 13.2. The fraction of sp³-hybridized carbons (Fsp3) is 0.111. The van der Waals surface area contributed by atoms with E-state index >= 15 is 0 Å². The number of ether oxygens (including phenoxy) is 2. The minimum atomic E-state index is 0.244. The van der Waals surface area contributed by atoms with E-state index in [1.807, 2.05) is 0 Å². The van der Waals surface area contributed by atoms with E-state index in [0.717, 1.165) is 20.7 Å². The van der Waals surface area contributed by atoms with Crippen molar-refractivity contribution in [2.24, 2.45) is 0 Å². The van der Waals surface area contributed by atoms with Crippen molar-refractivity contribution in [1.82, 2.24) is 8.75 Å². The molecule has 0 aliphatic rings. The Kier molecular flexibility index (Phi) is 4.24. The van der Waals surface area contributed by atoms with Crippen LogP contribution in [0.5, 0.6) is 17.4 Å². The molecule has 1 aromatic heterocycles. The van der Waals surface area contributed by atoms with E-state index in [1.165, 1.54) is 0 Å². The van der Waals surface area contributed by atoms with Gasteiger partial charge in [-0.25, -0.2) is 0 Å². The maximum Gasteiger partial charge on any atom is 0.270 e. The number of rotatable bonds is 3. The van der Waals surface area contributed by atoms with Gasteiger partial charge >= 0.3 is 0 Å². The number of aromatic nitrogens is 2. The van der Waals surface area contributed by atoms with Crippen molar-refractivity contribution in [1.29, 1.82) is 0 Å². The third-order valence-corrected chi connectivity index (χ3v) is 3.93. The Morgan fingerprint density at radius 3 is 2.41 bits per heavy atom. The predicted octanol–water partition coefficient (Wildman–Crippen LogP) is 4.52. The highest BCUT2D eigenvalue weighted by molar-refractivity contribution is 9.11. The third-order valence-electron chi connectivity index (χ3n) is 1.83. The average molecular weight is 400 g/mol. The molecule has 0 spiro atoms. The van der Waals surface area contributed by atoms with E-state index in [-0.39, 0.29) is 11.0 Å². The normalized spacial score (nSPS) is 10.4. The molecule has 0 aliphatic carbocycles. The second kappa shape index (κ2) is 5.51. The number of nitrogens with zero attached hydrogens (tertiary/aromatic N) is 2. The second-order valence-electron chi connectivity index (χ2n) is 2.88. The summed E-state index contributed by atoms with van der Waals surface area (Å²) < 4.78 is 20.0. The summed E-state index contributed by atoms with van der Waals surface area (Å²) in [5, 5.41) is 0.244. The molecule has 17 heavy (non-hydrogen) atoms. The van der Waals surface area contributed by atoms with Crippen molar-refractivity contribution in [3.63, 3.8) is 0 Å². The number of hydrogen-bond donors (Lipinski definition) is 0. The van der Waals surface area contributed by atoms with Gasteiger partial charge in [0, 0.05) is 0 Å². The topological polar surface area (TPSA) is 44.2 Å². The Hall–Kier alpha value is -0.370. The lowest BCUT2D eigenvalue weighted by Gasteiger charge is -2.09. The number of hydrogen-bond acceptors (Lipinski definition) is 5. The van der Waals surface area contributed by atoms with Crippen LogP contribution in [0.1, 0.15) is 0 Å². The molecule has 90 valence electrons. The summed E-state index contributed by atoms with van der Waals surface area (Å²) in [7, 11) is 1.59. The van der Waals surface area contributed by atoms with Crippen LogP contribution in [-0.2, 0) is 0 Å². The molecular weight excluding hydrogens is 395 g/mol. The van der Waals surface area contributed by atoms with Crippen LogP contribution in [0.3, 0.4) is 0 Å². The van der Waals surface area contributed by atoms with Crippen LogP contribution in [0, 0.1) is 0 Å². The predicted molar refractivity (Wildman–Crippen MR) is 73.4 cm³/mol. The summed E-state index contributed by atoms with van der Waals surface area (Å²) in [6.07, 6.45) is 0. The fourth-order valence-electron chi connectivity index (χ4n) is 1.08. The largest absolute Gasteiger partial charge is 0.496 e. The lowest BCUT2D eigenvalue weighted by atomic mass is 10.3. The van der Waals surface area contributed by atoms with Gasteiger partial charge in [-0.05, 0) is 44.0 Å². The van der Waals surface area contributed by atoms with Gasteiger partial charge in [-0.2, -0.15) is 4.37 Å². The standard InChI is InChI=1S/C9H5Br2ClN2O2S/c1-15-6-2-5(11)7(3-4(6)10)16-9-8(12)13-17-14-9/h2-3H,1H3. The highest BCUT2D eigenvalue weighted by atomic mass is 79.9. The summed E-state index contributed by atoms with van der Waals surface area (Å²) in [4.78, 5) is 0. The SMILES string of the molecule is COc1cc(Br)c(Oc2nsnc2Cl)cc1Br. The zero-order chi connectivity index (χ0) is 12.4. The van der Waals surface area contributed by atoms with Crippen molar-refractivity contribution in [3.05, 3.63) is 26.2 Å². The molecule has 0 fully saturated rings. The first-order chi connectivity index (χ1) is 8.11. The fourth-order valence-corrected chi connectivity index (χ4v) is 2.58. The van der Waals surface area contributed by atoms with Crippen LogP contribution in [0.2, 0.25) is 5.15 Å². The summed E-state index contributed by atoms with van der Waals surface area (Å²) in [6.45, 7) is 0. The molecule has 0 unspecified atom stereocenters. The lowest BCUT2D eigenvalue weighted by Crippen LogP contribution is -1.89. The lowest BCUT2D eigenvalue weighted by molar-refractivity contribution is 0.408. The molecule has 0 radical (unpaired) electrons. The molecular formula is C9H5Br2ClN2O2S. The van der Waals surface area contributed by atoms with Crippen LogP contribution in [0.25, 0.3) is 0 Å². The van der Waals surface area contributed by atoms with Crippen molar-refractivity contribution in [2.45, 2.75) is 0 Å². The van der Waals surface area contributed by atoms with Gasteiger partial charge in [-0.1, -0.05) is 11.6 Å². The molecule has 0 aliphatic heterocycles. The van der Waals surface area contributed by atoms with Gasteiger partial charge in [0.15, 0.2) is 0 Å². The van der Waals surface area contributed by atoms with Crippen molar-refractivity contribution in [3.8, 4) is 17.4 Å². The smallest absolute Gasteiger partial charge is 0.270 e. The van der Waals surface area contributed by atoms with Gasteiger partial charge in [-0.3, -0.25) is 0 Å². The summed E-state index contributed by atoms with van der Waals surface area (Å²) in [5.74, 6) is 1.56. The monoisotopic (exact) mass is 398 g/mol. The Morgan fingerprint density at radius 1 is 1.18 bits per heavy atom. The summed E-state index contributed by atoms with van der Waals surface area (Å²) >= 11 is 13.5. The van der Waals surface area contributed by atoms with Gasteiger partial charge in [0.2, 0.25) is 5.15 Å². The number of methoxy groups -OCH3 is 1. The molecule has 2 rings (SSSR count). The van der Waals surface area contributed by atoms with E-state index in [9.17, 15) is 0 Å². The number of halogens is 3. The Morgan fingerprint density at radius 2 is 1.82 bits per heavy atom. The van der Waals surface area contributed by atoms with Gasteiger partial charge in [0.05, 0.1) is 27.8 Å². The molecule has 0 bridgehead atoms. The van der Waals surface area contributed by atoms with Crippen molar-refractivity contribution < 1.29 is 9.47 Å². The molecule has 1 heterocycles. The van der Waals surface area contributed by atoms with E-state index < -0.39 is 0 Å².